The molecule has 3 nitrogen and oxygen atoms in total. The number of hydrogen-bond acceptors (Lipinski definition) is 3. The highest BCUT2D eigenvalue weighted by Crippen LogP contribution is 2.44. The Hall–Kier alpha value is -1.06. The van der Waals surface area contributed by atoms with Gasteiger partial charge in [-0.1, -0.05) is 43.5 Å². The smallest absolute Gasteiger partial charge is 0.316 e. The summed E-state index contributed by atoms with van der Waals surface area (Å²) in [7, 11) is 2.13. The summed E-state index contributed by atoms with van der Waals surface area (Å²) >= 11 is 6.07. The number of benzene rings is 1. The molecule has 0 bridgehead atoms. The monoisotopic (exact) mass is 363 g/mol. The summed E-state index contributed by atoms with van der Waals surface area (Å²) < 4.78 is 6.12. The molecule has 0 radical (unpaired) electrons. The highest BCUT2D eigenvalue weighted by Gasteiger charge is 2.46. The minimum atomic E-state index is -0.579. The molecule has 25 heavy (non-hydrogen) atoms. The van der Waals surface area contributed by atoms with E-state index in [2.05, 4.69) is 25.8 Å². The van der Waals surface area contributed by atoms with Gasteiger partial charge in [0.1, 0.15) is 6.10 Å². The molecule has 1 aromatic carbocycles. The van der Waals surface area contributed by atoms with Crippen LogP contribution in [0.3, 0.4) is 0 Å². The second-order valence-corrected chi connectivity index (χ2v) is 8.60. The van der Waals surface area contributed by atoms with Crippen molar-refractivity contribution < 1.29 is 9.53 Å². The van der Waals surface area contributed by atoms with Crippen LogP contribution in [0, 0.1) is 11.8 Å². The van der Waals surface area contributed by atoms with Gasteiger partial charge in [0.2, 0.25) is 0 Å². The van der Waals surface area contributed by atoms with Gasteiger partial charge >= 0.3 is 5.97 Å². The summed E-state index contributed by atoms with van der Waals surface area (Å²) in [5, 5.41) is 0.704. The fourth-order valence-corrected chi connectivity index (χ4v) is 4.71. The van der Waals surface area contributed by atoms with Crippen molar-refractivity contribution in [3.8, 4) is 0 Å². The number of likely N-dealkylation sites (tertiary alicyclic amines) is 1. The molecule has 1 aliphatic carbocycles. The first kappa shape index (κ1) is 18.7. The Kier molecular flexibility index (Phi) is 5.75. The number of piperidine rings is 1. The zero-order chi connectivity index (χ0) is 18.0. The Balaban J connectivity index is 1.83. The fourth-order valence-electron chi connectivity index (χ4n) is 4.59. The van der Waals surface area contributed by atoms with Crippen molar-refractivity contribution in [1.29, 1.82) is 0 Å². The minimum absolute atomic E-state index is 0.0247. The molecule has 3 atom stereocenters. The van der Waals surface area contributed by atoms with E-state index in [1.54, 1.807) is 0 Å². The fraction of sp³-hybridized carbons (Fsp3) is 0.667. The molecule has 0 amide bonds. The zero-order valence-electron chi connectivity index (χ0n) is 15.6. The van der Waals surface area contributed by atoms with Gasteiger partial charge in [-0.2, -0.15) is 0 Å². The van der Waals surface area contributed by atoms with Crippen LogP contribution in [-0.4, -0.2) is 37.1 Å². The van der Waals surface area contributed by atoms with Crippen molar-refractivity contribution in [3.05, 3.63) is 34.9 Å². The van der Waals surface area contributed by atoms with E-state index in [0.717, 1.165) is 37.9 Å². The maximum Gasteiger partial charge on any atom is 0.316 e. The van der Waals surface area contributed by atoms with Gasteiger partial charge in [0.15, 0.2) is 0 Å². The first-order valence-electron chi connectivity index (χ1n) is 9.57. The molecule has 2 aliphatic rings. The number of esters is 1. The average molecular weight is 364 g/mol. The van der Waals surface area contributed by atoms with Crippen LogP contribution in [0.5, 0.6) is 0 Å². The third-order valence-corrected chi connectivity index (χ3v) is 6.58. The predicted molar refractivity (Wildman–Crippen MR) is 102 cm³/mol. The second kappa shape index (κ2) is 7.67. The molecule has 3 rings (SSSR count). The van der Waals surface area contributed by atoms with Crippen molar-refractivity contribution in [2.75, 3.05) is 20.1 Å². The van der Waals surface area contributed by atoms with Crippen LogP contribution in [0.4, 0.5) is 0 Å². The first-order chi connectivity index (χ1) is 11.9. The van der Waals surface area contributed by atoms with Gasteiger partial charge < -0.3 is 9.64 Å². The van der Waals surface area contributed by atoms with E-state index in [-0.39, 0.29) is 12.1 Å². The van der Waals surface area contributed by atoms with E-state index in [1.807, 2.05) is 24.3 Å². The van der Waals surface area contributed by atoms with Gasteiger partial charge in [-0.25, -0.2) is 0 Å². The van der Waals surface area contributed by atoms with Gasteiger partial charge in [0.25, 0.3) is 0 Å². The Bertz CT molecular complexity index is 596. The second-order valence-electron chi connectivity index (χ2n) is 8.16. The normalized spacial score (nSPS) is 27.8. The van der Waals surface area contributed by atoms with E-state index in [1.165, 1.54) is 12.8 Å². The summed E-state index contributed by atoms with van der Waals surface area (Å²) in [5.41, 5.74) is 0.457. The van der Waals surface area contributed by atoms with Crippen molar-refractivity contribution in [3.63, 3.8) is 0 Å². The number of carbonyl (C=O) groups is 1. The third-order valence-electron chi connectivity index (χ3n) is 6.33. The van der Waals surface area contributed by atoms with E-state index in [9.17, 15) is 4.79 Å². The zero-order valence-corrected chi connectivity index (χ0v) is 16.4. The molecule has 1 saturated carbocycles. The Morgan fingerprint density at radius 1 is 1.20 bits per heavy atom. The van der Waals surface area contributed by atoms with Gasteiger partial charge in [0.05, 0.1) is 5.41 Å². The highest BCUT2D eigenvalue weighted by atomic mass is 35.5. The SMILES string of the molecule is CC1CN(C)CCC1OC(=O)C(C)(c1ccc(Cl)cc1)C1CCCC1. The van der Waals surface area contributed by atoms with Gasteiger partial charge in [-0.05, 0) is 56.8 Å². The van der Waals surface area contributed by atoms with E-state index >= 15 is 0 Å². The molecular weight excluding hydrogens is 334 g/mol. The molecule has 0 N–H and O–H groups in total. The van der Waals surface area contributed by atoms with Crippen molar-refractivity contribution in [2.45, 2.75) is 57.5 Å². The van der Waals surface area contributed by atoms with Crippen LogP contribution in [0.15, 0.2) is 24.3 Å². The summed E-state index contributed by atoms with van der Waals surface area (Å²) in [6.45, 7) is 6.24. The number of hydrogen-bond donors (Lipinski definition) is 0. The molecular formula is C21H30ClNO2. The number of rotatable bonds is 4. The highest BCUT2D eigenvalue weighted by molar-refractivity contribution is 6.30. The standard InChI is InChI=1S/C21H30ClNO2/c1-15-14-23(3)13-12-19(15)25-20(24)21(2,16-6-4-5-7-16)17-8-10-18(22)11-9-17/h8-11,15-16,19H,4-7,12-14H2,1-3H3. The first-order valence-corrected chi connectivity index (χ1v) is 9.94. The molecule has 1 aromatic rings. The number of carbonyl (C=O) groups excluding carboxylic acids is 1. The lowest BCUT2D eigenvalue weighted by molar-refractivity contribution is -0.163. The van der Waals surface area contributed by atoms with Crippen LogP contribution in [0.2, 0.25) is 5.02 Å². The Labute approximate surface area is 156 Å². The third kappa shape index (κ3) is 3.88. The summed E-state index contributed by atoms with van der Waals surface area (Å²) in [4.78, 5) is 15.7. The number of nitrogens with zero attached hydrogens (tertiary/aromatic N) is 1. The Morgan fingerprint density at radius 2 is 1.84 bits per heavy atom. The molecule has 3 unspecified atom stereocenters. The van der Waals surface area contributed by atoms with Crippen LogP contribution >= 0.6 is 11.6 Å². The molecule has 1 saturated heterocycles. The predicted octanol–water partition coefficient (Wildman–Crippen LogP) is 4.67. The summed E-state index contributed by atoms with van der Waals surface area (Å²) in [6.07, 6.45) is 5.54. The van der Waals surface area contributed by atoms with E-state index in [4.69, 9.17) is 16.3 Å². The Morgan fingerprint density at radius 3 is 2.44 bits per heavy atom. The minimum Gasteiger partial charge on any atom is -0.461 e. The van der Waals surface area contributed by atoms with Crippen molar-refractivity contribution in [2.24, 2.45) is 11.8 Å². The lowest BCUT2D eigenvalue weighted by Crippen LogP contribution is -2.47. The summed E-state index contributed by atoms with van der Waals surface area (Å²) in [5.74, 6) is 0.673. The maximum atomic E-state index is 13.4. The molecule has 4 heteroatoms. The quantitative estimate of drug-likeness (QED) is 0.728. The van der Waals surface area contributed by atoms with Crippen LogP contribution < -0.4 is 0 Å². The number of halogens is 1. The lowest BCUT2D eigenvalue weighted by atomic mass is 9.71. The largest absolute Gasteiger partial charge is 0.461 e. The van der Waals surface area contributed by atoms with Crippen molar-refractivity contribution >= 4 is 17.6 Å². The molecule has 1 aliphatic heterocycles. The van der Waals surface area contributed by atoms with E-state index in [0.29, 0.717) is 16.9 Å². The molecule has 2 fully saturated rings. The molecule has 138 valence electrons. The average Bonchev–Trinajstić information content (AvgIpc) is 3.12. The van der Waals surface area contributed by atoms with Gasteiger partial charge in [-0.15, -0.1) is 0 Å². The van der Waals surface area contributed by atoms with Crippen molar-refractivity contribution in [1.82, 2.24) is 4.90 Å². The molecule has 1 heterocycles. The maximum absolute atomic E-state index is 13.4. The van der Waals surface area contributed by atoms with Gasteiger partial charge in [-0.3, -0.25) is 4.79 Å². The van der Waals surface area contributed by atoms with Crippen LogP contribution in [0.25, 0.3) is 0 Å². The molecule has 0 aromatic heterocycles. The lowest BCUT2D eigenvalue weighted by Gasteiger charge is -2.39. The van der Waals surface area contributed by atoms with Gasteiger partial charge in [0, 0.05) is 24.0 Å². The van der Waals surface area contributed by atoms with Crippen LogP contribution in [0.1, 0.15) is 51.5 Å². The molecule has 0 spiro atoms. The summed E-state index contributed by atoms with van der Waals surface area (Å²) in [6, 6.07) is 7.77. The topological polar surface area (TPSA) is 29.5 Å². The van der Waals surface area contributed by atoms with Crippen LogP contribution in [-0.2, 0) is 14.9 Å². The van der Waals surface area contributed by atoms with E-state index < -0.39 is 5.41 Å². The number of ether oxygens (including phenoxy) is 1.